The maximum absolute atomic E-state index is 5.90. The molecule has 0 saturated heterocycles. The standard InChI is InChI=1S/C24H27N3O2/c1-2-28-17-22-23-24(20-12-6-7-13-21(20)26-22)27(18-25-23)14-16-29-15-8-11-19-9-4-3-5-10-19/h3-7,9-10,12-13,18H,2,8,11,14-17H2,1H3. The smallest absolute Gasteiger partial charge is 0.113 e. The Kier molecular flexibility index (Phi) is 6.49. The van der Waals surface area contributed by atoms with Crippen LogP contribution in [0.5, 0.6) is 0 Å². The van der Waals surface area contributed by atoms with Crippen LogP contribution in [0.25, 0.3) is 21.9 Å². The van der Waals surface area contributed by atoms with Gasteiger partial charge in [-0.15, -0.1) is 0 Å². The van der Waals surface area contributed by atoms with E-state index < -0.39 is 0 Å². The highest BCUT2D eigenvalue weighted by molar-refractivity contribution is 6.03. The van der Waals surface area contributed by atoms with Crippen LogP contribution in [0.15, 0.2) is 60.9 Å². The quantitative estimate of drug-likeness (QED) is 0.367. The molecule has 2 heterocycles. The van der Waals surface area contributed by atoms with Gasteiger partial charge in [0.05, 0.1) is 36.3 Å². The Morgan fingerprint density at radius 2 is 1.76 bits per heavy atom. The second-order valence-corrected chi connectivity index (χ2v) is 7.05. The zero-order valence-electron chi connectivity index (χ0n) is 16.9. The van der Waals surface area contributed by atoms with Gasteiger partial charge in [0.15, 0.2) is 0 Å². The topological polar surface area (TPSA) is 49.2 Å². The fourth-order valence-electron chi connectivity index (χ4n) is 3.60. The van der Waals surface area contributed by atoms with Crippen molar-refractivity contribution < 1.29 is 9.47 Å². The van der Waals surface area contributed by atoms with Crippen LogP contribution < -0.4 is 0 Å². The first-order valence-corrected chi connectivity index (χ1v) is 10.3. The van der Waals surface area contributed by atoms with E-state index in [0.717, 1.165) is 53.6 Å². The van der Waals surface area contributed by atoms with E-state index in [0.29, 0.717) is 19.8 Å². The lowest BCUT2D eigenvalue weighted by Crippen LogP contribution is -2.07. The van der Waals surface area contributed by atoms with Crippen LogP contribution in [0.4, 0.5) is 0 Å². The van der Waals surface area contributed by atoms with Crippen molar-refractivity contribution in [1.29, 1.82) is 0 Å². The Balaban J connectivity index is 1.43. The van der Waals surface area contributed by atoms with Gasteiger partial charge in [0.1, 0.15) is 5.52 Å². The number of ether oxygens (including phenoxy) is 2. The largest absolute Gasteiger partial charge is 0.380 e. The number of para-hydroxylation sites is 1. The zero-order valence-corrected chi connectivity index (χ0v) is 16.9. The first-order valence-electron chi connectivity index (χ1n) is 10.3. The van der Waals surface area contributed by atoms with Crippen molar-refractivity contribution in [1.82, 2.24) is 14.5 Å². The summed E-state index contributed by atoms with van der Waals surface area (Å²) in [5, 5.41) is 1.12. The lowest BCUT2D eigenvalue weighted by molar-refractivity contribution is 0.125. The number of rotatable bonds is 10. The predicted octanol–water partition coefficient (Wildman–Crippen LogP) is 4.77. The van der Waals surface area contributed by atoms with Crippen LogP contribution in [0, 0.1) is 0 Å². The van der Waals surface area contributed by atoms with Gasteiger partial charge in [-0.1, -0.05) is 48.5 Å². The van der Waals surface area contributed by atoms with Crippen molar-refractivity contribution >= 4 is 21.9 Å². The number of imidazole rings is 1. The first kappa shape index (κ1) is 19.6. The molecule has 0 amide bonds. The second kappa shape index (κ2) is 9.63. The normalized spacial score (nSPS) is 11.5. The fraction of sp³-hybridized carbons (Fsp3) is 0.333. The van der Waals surface area contributed by atoms with Crippen molar-refractivity contribution in [2.75, 3.05) is 19.8 Å². The maximum Gasteiger partial charge on any atom is 0.113 e. The summed E-state index contributed by atoms with van der Waals surface area (Å²) in [5.41, 5.74) is 5.25. The highest BCUT2D eigenvalue weighted by Crippen LogP contribution is 2.26. The molecule has 0 aliphatic carbocycles. The second-order valence-electron chi connectivity index (χ2n) is 7.05. The molecule has 2 aromatic heterocycles. The van der Waals surface area contributed by atoms with Crippen LogP contribution in [-0.4, -0.2) is 34.4 Å². The third-order valence-electron chi connectivity index (χ3n) is 5.04. The van der Waals surface area contributed by atoms with E-state index in [4.69, 9.17) is 14.5 Å². The number of hydrogen-bond donors (Lipinski definition) is 0. The number of aromatic nitrogens is 3. The lowest BCUT2D eigenvalue weighted by atomic mass is 10.1. The summed E-state index contributed by atoms with van der Waals surface area (Å²) < 4.78 is 13.7. The average Bonchev–Trinajstić information content (AvgIpc) is 3.20. The molecule has 0 spiro atoms. The molecule has 4 rings (SSSR count). The van der Waals surface area contributed by atoms with Crippen molar-refractivity contribution in [3.63, 3.8) is 0 Å². The molecule has 0 aliphatic heterocycles. The number of fused-ring (bicyclic) bond motifs is 3. The fourth-order valence-corrected chi connectivity index (χ4v) is 3.60. The van der Waals surface area contributed by atoms with Gasteiger partial charge in [-0.3, -0.25) is 0 Å². The Bertz CT molecular complexity index is 1060. The summed E-state index contributed by atoms with van der Waals surface area (Å²) in [7, 11) is 0. The predicted molar refractivity (Wildman–Crippen MR) is 116 cm³/mol. The van der Waals surface area contributed by atoms with E-state index in [1.165, 1.54) is 5.56 Å². The molecule has 0 saturated carbocycles. The number of hydrogen-bond acceptors (Lipinski definition) is 4. The van der Waals surface area contributed by atoms with Gasteiger partial charge in [-0.25, -0.2) is 9.97 Å². The van der Waals surface area contributed by atoms with Gasteiger partial charge in [0.2, 0.25) is 0 Å². The summed E-state index contributed by atoms with van der Waals surface area (Å²) in [6.45, 7) is 5.32. The summed E-state index contributed by atoms with van der Waals surface area (Å²) in [4.78, 5) is 9.41. The first-order chi connectivity index (χ1) is 14.4. The SMILES string of the molecule is CCOCc1nc2ccccc2c2c1ncn2CCOCCCc1ccccc1. The lowest BCUT2D eigenvalue weighted by Gasteiger charge is -2.10. The van der Waals surface area contributed by atoms with Crippen LogP contribution in [0.1, 0.15) is 24.6 Å². The minimum Gasteiger partial charge on any atom is -0.380 e. The number of pyridine rings is 1. The van der Waals surface area contributed by atoms with Crippen molar-refractivity contribution in [3.05, 3.63) is 72.2 Å². The van der Waals surface area contributed by atoms with E-state index in [2.05, 4.69) is 45.9 Å². The molecule has 0 unspecified atom stereocenters. The minimum atomic E-state index is 0.477. The van der Waals surface area contributed by atoms with Crippen molar-refractivity contribution in [3.8, 4) is 0 Å². The molecule has 0 N–H and O–H groups in total. The summed E-state index contributed by atoms with van der Waals surface area (Å²) in [6.07, 6.45) is 3.97. The van der Waals surface area contributed by atoms with Crippen LogP contribution in [0.2, 0.25) is 0 Å². The van der Waals surface area contributed by atoms with E-state index >= 15 is 0 Å². The molecule has 5 heteroatoms. The molecule has 29 heavy (non-hydrogen) atoms. The zero-order chi connectivity index (χ0) is 19.9. The Hall–Kier alpha value is -2.76. The van der Waals surface area contributed by atoms with Gasteiger partial charge in [-0.05, 0) is 31.4 Å². The van der Waals surface area contributed by atoms with Crippen LogP contribution in [0.3, 0.4) is 0 Å². The number of aryl methyl sites for hydroxylation is 1. The van der Waals surface area contributed by atoms with E-state index in [1.807, 2.05) is 31.5 Å². The number of benzene rings is 2. The van der Waals surface area contributed by atoms with Crippen LogP contribution in [-0.2, 0) is 29.0 Å². The maximum atomic E-state index is 5.90. The monoisotopic (exact) mass is 389 g/mol. The van der Waals surface area contributed by atoms with Gasteiger partial charge in [-0.2, -0.15) is 0 Å². The molecule has 0 fully saturated rings. The molecular weight excluding hydrogens is 362 g/mol. The summed E-state index contributed by atoms with van der Waals surface area (Å²) in [5.74, 6) is 0. The van der Waals surface area contributed by atoms with E-state index in [1.54, 1.807) is 0 Å². The van der Waals surface area contributed by atoms with Gasteiger partial charge in [0, 0.05) is 25.1 Å². The molecule has 0 aliphatic rings. The van der Waals surface area contributed by atoms with E-state index in [9.17, 15) is 0 Å². The Labute approximate surface area is 171 Å². The third kappa shape index (κ3) is 4.63. The summed E-state index contributed by atoms with van der Waals surface area (Å²) >= 11 is 0. The molecule has 0 bridgehead atoms. The molecule has 150 valence electrons. The molecule has 2 aromatic carbocycles. The Morgan fingerprint density at radius 1 is 0.931 bits per heavy atom. The van der Waals surface area contributed by atoms with Gasteiger partial charge < -0.3 is 14.0 Å². The highest BCUT2D eigenvalue weighted by atomic mass is 16.5. The van der Waals surface area contributed by atoms with Crippen molar-refractivity contribution in [2.45, 2.75) is 32.9 Å². The van der Waals surface area contributed by atoms with Crippen LogP contribution >= 0.6 is 0 Å². The molecule has 0 radical (unpaired) electrons. The third-order valence-corrected chi connectivity index (χ3v) is 5.04. The average molecular weight is 389 g/mol. The highest BCUT2D eigenvalue weighted by Gasteiger charge is 2.13. The number of nitrogens with zero attached hydrogens (tertiary/aromatic N) is 3. The summed E-state index contributed by atoms with van der Waals surface area (Å²) in [6, 6.07) is 18.8. The molecular formula is C24H27N3O2. The van der Waals surface area contributed by atoms with Crippen molar-refractivity contribution in [2.24, 2.45) is 0 Å². The molecule has 0 atom stereocenters. The van der Waals surface area contributed by atoms with E-state index in [-0.39, 0.29) is 0 Å². The van der Waals surface area contributed by atoms with Gasteiger partial charge >= 0.3 is 0 Å². The minimum absolute atomic E-state index is 0.477. The molecule has 5 nitrogen and oxygen atoms in total. The van der Waals surface area contributed by atoms with Gasteiger partial charge in [0.25, 0.3) is 0 Å². The molecule has 4 aromatic rings. The Morgan fingerprint density at radius 3 is 2.62 bits per heavy atom.